The van der Waals surface area contributed by atoms with E-state index in [1.54, 1.807) is 18.2 Å². The van der Waals surface area contributed by atoms with Crippen LogP contribution in [0, 0.1) is 0 Å². The molecule has 1 aliphatic carbocycles. The summed E-state index contributed by atoms with van der Waals surface area (Å²) < 4.78 is 6.20. The monoisotopic (exact) mass is 420 g/mol. The number of imide groups is 2. The summed E-state index contributed by atoms with van der Waals surface area (Å²) in [7, 11) is 0. The number of barbiturate groups is 1. The average molecular weight is 421 g/mol. The fourth-order valence-corrected chi connectivity index (χ4v) is 3.90. The summed E-state index contributed by atoms with van der Waals surface area (Å²) in [5.74, 6) is -0.485. The van der Waals surface area contributed by atoms with Gasteiger partial charge in [-0.25, -0.2) is 4.79 Å². The Morgan fingerprint density at radius 2 is 1.96 bits per heavy atom. The molecule has 3 rings (SSSR count). The van der Waals surface area contributed by atoms with Crippen LogP contribution in [0.1, 0.15) is 44.6 Å². The van der Waals surface area contributed by atoms with Crippen LogP contribution in [0.15, 0.2) is 28.2 Å². The van der Waals surface area contributed by atoms with E-state index in [0.717, 1.165) is 36.6 Å². The van der Waals surface area contributed by atoms with Gasteiger partial charge >= 0.3 is 6.03 Å². The second-order valence-corrected chi connectivity index (χ2v) is 7.26. The van der Waals surface area contributed by atoms with Crippen LogP contribution in [0.5, 0.6) is 5.75 Å². The third-order valence-electron chi connectivity index (χ3n) is 4.64. The molecule has 0 radical (unpaired) electrons. The van der Waals surface area contributed by atoms with Crippen molar-refractivity contribution in [1.29, 1.82) is 0 Å². The molecule has 6 nitrogen and oxygen atoms in total. The normalized spacial score (nSPS) is 20.5. The zero-order valence-corrected chi connectivity index (χ0v) is 16.2. The van der Waals surface area contributed by atoms with E-state index >= 15 is 0 Å². The number of hydrogen-bond acceptors (Lipinski definition) is 4. The number of halogens is 1. The van der Waals surface area contributed by atoms with Gasteiger partial charge in [0.05, 0.1) is 11.1 Å². The molecule has 0 bridgehead atoms. The van der Waals surface area contributed by atoms with Gasteiger partial charge in [-0.05, 0) is 59.5 Å². The van der Waals surface area contributed by atoms with Gasteiger partial charge in [-0.15, -0.1) is 0 Å². The minimum Gasteiger partial charge on any atom is -0.493 e. The first-order chi connectivity index (χ1) is 12.5. The van der Waals surface area contributed by atoms with E-state index in [0.29, 0.717) is 17.9 Å². The first-order valence-electron chi connectivity index (χ1n) is 8.84. The van der Waals surface area contributed by atoms with Crippen molar-refractivity contribution in [3.05, 3.63) is 33.8 Å². The number of nitrogens with one attached hydrogen (secondary N) is 1. The molecule has 1 aromatic carbocycles. The summed E-state index contributed by atoms with van der Waals surface area (Å²) in [5.41, 5.74) is 0.656. The van der Waals surface area contributed by atoms with E-state index in [-0.39, 0.29) is 11.6 Å². The maximum absolute atomic E-state index is 12.8. The van der Waals surface area contributed by atoms with Gasteiger partial charge in [-0.1, -0.05) is 25.3 Å². The van der Waals surface area contributed by atoms with Crippen LogP contribution < -0.4 is 10.1 Å². The van der Waals surface area contributed by atoms with E-state index in [1.807, 2.05) is 6.92 Å². The Hall–Kier alpha value is -2.15. The van der Waals surface area contributed by atoms with E-state index in [2.05, 4.69) is 21.2 Å². The van der Waals surface area contributed by atoms with Crippen LogP contribution in [0.2, 0.25) is 0 Å². The van der Waals surface area contributed by atoms with Gasteiger partial charge in [0.2, 0.25) is 0 Å². The Balaban J connectivity index is 1.88. The fourth-order valence-electron chi connectivity index (χ4n) is 3.39. The van der Waals surface area contributed by atoms with Crippen molar-refractivity contribution in [3.63, 3.8) is 0 Å². The van der Waals surface area contributed by atoms with Gasteiger partial charge in [0.15, 0.2) is 0 Å². The van der Waals surface area contributed by atoms with Crippen LogP contribution in [-0.4, -0.2) is 35.4 Å². The van der Waals surface area contributed by atoms with Crippen LogP contribution in [0.4, 0.5) is 4.79 Å². The maximum atomic E-state index is 12.8. The number of carbonyl (C=O) groups is 3. The summed E-state index contributed by atoms with van der Waals surface area (Å²) in [6.45, 7) is 2.43. The minimum absolute atomic E-state index is 0.0220. The van der Waals surface area contributed by atoms with E-state index in [4.69, 9.17) is 4.74 Å². The molecule has 1 saturated heterocycles. The zero-order chi connectivity index (χ0) is 18.7. The molecular formula is C19H21BrN2O4. The Morgan fingerprint density at radius 3 is 2.62 bits per heavy atom. The molecule has 138 valence electrons. The highest BCUT2D eigenvalue weighted by atomic mass is 79.9. The lowest BCUT2D eigenvalue weighted by atomic mass is 9.93. The van der Waals surface area contributed by atoms with Crippen molar-refractivity contribution < 1.29 is 19.1 Å². The van der Waals surface area contributed by atoms with Crippen molar-refractivity contribution in [1.82, 2.24) is 10.2 Å². The number of ether oxygens (including phenoxy) is 1. The lowest BCUT2D eigenvalue weighted by Crippen LogP contribution is -2.58. The predicted octanol–water partition coefficient (Wildman–Crippen LogP) is 3.64. The lowest BCUT2D eigenvalue weighted by molar-refractivity contribution is -0.132. The number of rotatable bonds is 4. The molecule has 1 heterocycles. The fraction of sp³-hybridized carbons (Fsp3) is 0.421. The number of hydrogen-bond donors (Lipinski definition) is 1. The second-order valence-electron chi connectivity index (χ2n) is 6.41. The molecule has 0 unspecified atom stereocenters. The number of urea groups is 1. The standard InChI is InChI=1S/C19H21BrN2O4/c1-2-26-16-9-8-12(11-15(16)20)10-14-17(23)21-19(25)22(18(14)24)13-6-4-3-5-7-13/h8-11,13H,2-7H2,1H3,(H,21,23,25). The van der Waals surface area contributed by atoms with Crippen LogP contribution in [0.25, 0.3) is 6.08 Å². The van der Waals surface area contributed by atoms with Crippen LogP contribution in [0.3, 0.4) is 0 Å². The molecule has 2 aliphatic rings. The number of nitrogens with zero attached hydrogens (tertiary/aromatic N) is 1. The number of amides is 4. The van der Waals surface area contributed by atoms with Crippen molar-refractivity contribution in [2.75, 3.05) is 6.61 Å². The first-order valence-corrected chi connectivity index (χ1v) is 9.63. The van der Waals surface area contributed by atoms with Gasteiger partial charge in [0, 0.05) is 6.04 Å². The molecule has 1 saturated carbocycles. The first kappa shape index (κ1) is 18.6. The third kappa shape index (κ3) is 3.82. The molecule has 1 aromatic rings. The van der Waals surface area contributed by atoms with E-state index in [9.17, 15) is 14.4 Å². The Morgan fingerprint density at radius 1 is 1.23 bits per heavy atom. The minimum atomic E-state index is -0.655. The summed E-state index contributed by atoms with van der Waals surface area (Å²) in [6.07, 6.45) is 6.17. The second kappa shape index (κ2) is 8.03. The molecule has 1 aliphatic heterocycles. The van der Waals surface area contributed by atoms with Crippen molar-refractivity contribution in [3.8, 4) is 5.75 Å². The molecule has 26 heavy (non-hydrogen) atoms. The molecule has 4 amide bonds. The van der Waals surface area contributed by atoms with Crippen molar-refractivity contribution in [2.45, 2.75) is 45.1 Å². The Labute approximate surface area is 160 Å². The quantitative estimate of drug-likeness (QED) is 0.595. The highest BCUT2D eigenvalue weighted by molar-refractivity contribution is 9.10. The lowest BCUT2D eigenvalue weighted by Gasteiger charge is -2.35. The topological polar surface area (TPSA) is 75.7 Å². The highest BCUT2D eigenvalue weighted by Gasteiger charge is 2.40. The summed E-state index contributed by atoms with van der Waals surface area (Å²) in [5, 5.41) is 2.30. The molecule has 0 spiro atoms. The van der Waals surface area contributed by atoms with Gasteiger partial charge in [-0.3, -0.25) is 19.8 Å². The Kier molecular flexibility index (Phi) is 5.76. The molecule has 0 aromatic heterocycles. The smallest absolute Gasteiger partial charge is 0.331 e. The van der Waals surface area contributed by atoms with Gasteiger partial charge in [-0.2, -0.15) is 0 Å². The van der Waals surface area contributed by atoms with E-state index in [1.165, 1.54) is 11.0 Å². The molecule has 0 atom stereocenters. The highest BCUT2D eigenvalue weighted by Crippen LogP contribution is 2.29. The van der Waals surface area contributed by atoms with Crippen molar-refractivity contribution in [2.24, 2.45) is 0 Å². The van der Waals surface area contributed by atoms with Crippen molar-refractivity contribution >= 4 is 39.9 Å². The zero-order valence-electron chi connectivity index (χ0n) is 14.6. The molecule has 2 fully saturated rings. The predicted molar refractivity (Wildman–Crippen MR) is 101 cm³/mol. The Bertz CT molecular complexity index is 769. The van der Waals surface area contributed by atoms with Gasteiger partial charge in [0.1, 0.15) is 11.3 Å². The molecular weight excluding hydrogens is 400 g/mol. The summed E-state index contributed by atoms with van der Waals surface area (Å²) in [4.78, 5) is 38.5. The molecule has 1 N–H and O–H groups in total. The largest absolute Gasteiger partial charge is 0.493 e. The number of benzene rings is 1. The third-order valence-corrected chi connectivity index (χ3v) is 5.26. The summed E-state index contributed by atoms with van der Waals surface area (Å²) in [6, 6.07) is 4.57. The van der Waals surface area contributed by atoms with E-state index < -0.39 is 17.8 Å². The average Bonchev–Trinajstić information content (AvgIpc) is 2.62. The molecule has 7 heteroatoms. The summed E-state index contributed by atoms with van der Waals surface area (Å²) >= 11 is 3.42. The van der Waals surface area contributed by atoms with Gasteiger partial charge < -0.3 is 4.74 Å². The van der Waals surface area contributed by atoms with Gasteiger partial charge in [0.25, 0.3) is 11.8 Å². The van der Waals surface area contributed by atoms with Crippen LogP contribution >= 0.6 is 15.9 Å². The van der Waals surface area contributed by atoms with Crippen LogP contribution in [-0.2, 0) is 9.59 Å². The SMILES string of the molecule is CCOc1ccc(C=C2C(=O)NC(=O)N(C3CCCCC3)C2=O)cc1Br. The number of carbonyl (C=O) groups excluding carboxylic acids is 3. The maximum Gasteiger partial charge on any atom is 0.331 e.